The smallest absolute Gasteiger partial charge is 0.362 e. The number of nitriles is 1. The van der Waals surface area contributed by atoms with Gasteiger partial charge in [-0.2, -0.15) is 10.4 Å². The Balaban J connectivity index is 1.91. The van der Waals surface area contributed by atoms with Gasteiger partial charge in [0.25, 0.3) is 0 Å². The van der Waals surface area contributed by atoms with Crippen LogP contribution in [0.2, 0.25) is 0 Å². The van der Waals surface area contributed by atoms with E-state index in [0.29, 0.717) is 17.3 Å². The first kappa shape index (κ1) is 12.7. The average molecular weight is 279 g/mol. The van der Waals surface area contributed by atoms with Crippen LogP contribution in [0.5, 0.6) is 0 Å². The van der Waals surface area contributed by atoms with Crippen molar-refractivity contribution in [2.45, 2.75) is 6.92 Å². The van der Waals surface area contributed by atoms with Gasteiger partial charge in [-0.25, -0.2) is 9.67 Å². The molecule has 0 spiro atoms. The van der Waals surface area contributed by atoms with Crippen molar-refractivity contribution in [2.75, 3.05) is 5.73 Å². The van der Waals surface area contributed by atoms with Crippen molar-refractivity contribution in [1.29, 1.82) is 5.26 Å². The fourth-order valence-corrected chi connectivity index (χ4v) is 1.59. The Labute approximate surface area is 119 Å². The lowest BCUT2D eigenvalue weighted by atomic mass is 9.95. The summed E-state index contributed by atoms with van der Waals surface area (Å²) < 4.78 is 1.42. The molecule has 2 aromatic rings. The molecule has 0 saturated heterocycles. The minimum Gasteiger partial charge on any atom is -0.382 e. The first-order chi connectivity index (χ1) is 10.2. The molecule has 1 aliphatic heterocycles. The van der Waals surface area contributed by atoms with Crippen LogP contribution in [-0.2, 0) is 0 Å². The summed E-state index contributed by atoms with van der Waals surface area (Å²) in [5.74, 6) is 1.07. The Hall–Kier alpha value is -3.29. The van der Waals surface area contributed by atoms with Crippen molar-refractivity contribution in [2.24, 2.45) is 20.1 Å². The number of hydrogen-bond donors (Lipinski definition) is 2. The third-order valence-electron chi connectivity index (χ3n) is 2.59. The Morgan fingerprint density at radius 1 is 1.48 bits per heavy atom. The van der Waals surface area contributed by atoms with E-state index in [1.165, 1.54) is 17.1 Å². The maximum atomic E-state index is 9.11. The van der Waals surface area contributed by atoms with Crippen molar-refractivity contribution in [3.05, 3.63) is 18.0 Å². The van der Waals surface area contributed by atoms with E-state index in [-0.39, 0.29) is 17.2 Å². The molecule has 1 radical (unpaired) electrons. The molecule has 3 rings (SSSR count). The van der Waals surface area contributed by atoms with E-state index in [0.717, 1.165) is 0 Å². The van der Waals surface area contributed by atoms with Gasteiger partial charge in [-0.1, -0.05) is 0 Å². The lowest BCUT2D eigenvalue weighted by Crippen LogP contribution is -2.16. The zero-order valence-corrected chi connectivity index (χ0v) is 10.9. The monoisotopic (exact) mass is 279 g/mol. The normalized spacial score (nSPS) is 13.9. The molecule has 3 heterocycles. The molecule has 101 valence electrons. The van der Waals surface area contributed by atoms with Gasteiger partial charge >= 0.3 is 7.41 Å². The molecular weight excluding hydrogens is 271 g/mol. The first-order valence-electron chi connectivity index (χ1n) is 5.84. The number of azo groups is 1. The molecular formula is C10H8BN10. The van der Waals surface area contributed by atoms with Crippen LogP contribution < -0.4 is 5.73 Å². The van der Waals surface area contributed by atoms with Crippen LogP contribution in [0.3, 0.4) is 0 Å². The topological polar surface area (TPSA) is 146 Å². The summed E-state index contributed by atoms with van der Waals surface area (Å²) in [7, 11) is 1.55. The largest absolute Gasteiger partial charge is 0.382 e. The van der Waals surface area contributed by atoms with Gasteiger partial charge in [-0.3, -0.25) is 5.10 Å². The molecule has 0 atom stereocenters. The predicted octanol–water partition coefficient (Wildman–Crippen LogP) is 0.731. The highest BCUT2D eigenvalue weighted by molar-refractivity contribution is 6.77. The van der Waals surface area contributed by atoms with E-state index in [1.54, 1.807) is 14.3 Å². The van der Waals surface area contributed by atoms with Crippen LogP contribution in [0.15, 0.2) is 32.5 Å². The van der Waals surface area contributed by atoms with E-state index in [2.05, 4.69) is 35.4 Å². The molecule has 0 unspecified atom stereocenters. The number of H-pyrrole nitrogens is 1. The fraction of sp³-hybridized carbons (Fsp3) is 0.100. The summed E-state index contributed by atoms with van der Waals surface area (Å²) >= 11 is 0. The quantitative estimate of drug-likeness (QED) is 0.616. The maximum absolute atomic E-state index is 9.11. The SMILES string of the molecule is CC1=N[B]C(n2cc(C#N)c(N=Nc3cn[nH]c3N)n2)=N1. The Morgan fingerprint density at radius 3 is 2.95 bits per heavy atom. The van der Waals surface area contributed by atoms with Crippen LogP contribution >= 0.6 is 0 Å². The summed E-state index contributed by atoms with van der Waals surface area (Å²) in [6.07, 6.45) is 2.93. The Bertz CT molecular complexity index is 817. The molecule has 3 N–H and O–H groups in total. The zero-order chi connectivity index (χ0) is 14.8. The minimum absolute atomic E-state index is 0.166. The molecule has 11 heteroatoms. The van der Waals surface area contributed by atoms with Crippen LogP contribution in [0, 0.1) is 11.3 Å². The van der Waals surface area contributed by atoms with Gasteiger partial charge < -0.3 is 10.6 Å². The van der Waals surface area contributed by atoms with Gasteiger partial charge in [0, 0.05) is 0 Å². The highest BCUT2D eigenvalue weighted by Gasteiger charge is 2.16. The number of aromatic nitrogens is 4. The van der Waals surface area contributed by atoms with Crippen molar-refractivity contribution in [3.8, 4) is 6.07 Å². The van der Waals surface area contributed by atoms with Gasteiger partial charge in [0.2, 0.25) is 5.82 Å². The summed E-state index contributed by atoms with van der Waals surface area (Å²) in [5, 5.41) is 27.3. The zero-order valence-electron chi connectivity index (χ0n) is 10.9. The average Bonchev–Trinajstić information content (AvgIpc) is 3.16. The Morgan fingerprint density at radius 2 is 2.33 bits per heavy atom. The number of hydrogen-bond acceptors (Lipinski definition) is 8. The lowest BCUT2D eigenvalue weighted by molar-refractivity contribution is 0.938. The molecule has 0 bridgehead atoms. The van der Waals surface area contributed by atoms with E-state index >= 15 is 0 Å². The second-order valence-electron chi connectivity index (χ2n) is 4.07. The molecule has 0 amide bonds. The van der Waals surface area contributed by atoms with E-state index in [1.807, 2.05) is 6.07 Å². The maximum Gasteiger partial charge on any atom is 0.362 e. The standard InChI is InChI=1S/C10H8BN10/c1-5-15-10(11-16-5)21-4-6(2-12)9(20-21)19-17-7-3-14-18-8(7)13/h3-4H,1H3,(H3,13,14,18). The van der Waals surface area contributed by atoms with Crippen LogP contribution in [0.25, 0.3) is 0 Å². The number of nitrogens with zero attached hydrogens (tertiary/aromatic N) is 8. The Kier molecular flexibility index (Phi) is 3.04. The molecule has 0 aromatic carbocycles. The van der Waals surface area contributed by atoms with Gasteiger partial charge in [-0.15, -0.1) is 15.3 Å². The minimum atomic E-state index is 0.166. The van der Waals surface area contributed by atoms with Crippen LogP contribution in [0.1, 0.15) is 12.5 Å². The van der Waals surface area contributed by atoms with Gasteiger partial charge in [0.15, 0.2) is 0 Å². The number of amidine groups is 1. The predicted molar refractivity (Wildman–Crippen MR) is 75.8 cm³/mol. The van der Waals surface area contributed by atoms with Crippen molar-refractivity contribution in [1.82, 2.24) is 20.0 Å². The van der Waals surface area contributed by atoms with Gasteiger partial charge in [0.05, 0.1) is 12.4 Å². The molecule has 1 aliphatic rings. The number of nitrogen functional groups attached to an aromatic ring is 1. The molecule has 21 heavy (non-hydrogen) atoms. The highest BCUT2D eigenvalue weighted by atomic mass is 15.4. The molecule has 10 nitrogen and oxygen atoms in total. The fourth-order valence-electron chi connectivity index (χ4n) is 1.59. The van der Waals surface area contributed by atoms with Gasteiger partial charge in [-0.05, 0) is 6.92 Å². The summed E-state index contributed by atoms with van der Waals surface area (Å²) in [5.41, 5.74) is 6.74. The third kappa shape index (κ3) is 2.41. The van der Waals surface area contributed by atoms with Crippen LogP contribution in [-0.4, -0.2) is 39.0 Å². The van der Waals surface area contributed by atoms with Crippen molar-refractivity contribution in [3.63, 3.8) is 0 Å². The lowest BCUT2D eigenvalue weighted by Gasteiger charge is -1.95. The summed E-state index contributed by atoms with van der Waals surface area (Å²) in [4.78, 5) is 8.18. The molecule has 2 aromatic heterocycles. The molecule has 0 saturated carbocycles. The van der Waals surface area contributed by atoms with E-state index in [4.69, 9.17) is 11.0 Å². The van der Waals surface area contributed by atoms with Crippen molar-refractivity contribution < 1.29 is 0 Å². The second-order valence-corrected chi connectivity index (χ2v) is 4.07. The van der Waals surface area contributed by atoms with Crippen molar-refractivity contribution >= 4 is 36.3 Å². The molecule has 0 aliphatic carbocycles. The highest BCUT2D eigenvalue weighted by Crippen LogP contribution is 2.23. The number of rotatable bonds is 2. The number of anilines is 1. The molecule has 0 fully saturated rings. The van der Waals surface area contributed by atoms with E-state index < -0.39 is 0 Å². The second kappa shape index (κ2) is 5.01. The van der Waals surface area contributed by atoms with Gasteiger partial charge in [0.1, 0.15) is 34.7 Å². The number of aromatic amines is 1. The first-order valence-corrected chi connectivity index (χ1v) is 5.84. The summed E-state index contributed by atoms with van der Waals surface area (Å²) in [6, 6.07) is 2.00. The third-order valence-corrected chi connectivity index (χ3v) is 2.59. The van der Waals surface area contributed by atoms with E-state index in [9.17, 15) is 0 Å². The summed E-state index contributed by atoms with van der Waals surface area (Å²) in [6.45, 7) is 1.76. The number of aliphatic imine (C=N–C) groups is 1. The van der Waals surface area contributed by atoms with Crippen LogP contribution in [0.4, 0.5) is 17.3 Å². The number of nitrogens with one attached hydrogen (secondary N) is 1. The number of nitrogens with two attached hydrogens (primary N) is 1.